The van der Waals surface area contributed by atoms with Crippen LogP contribution in [0.5, 0.6) is 0 Å². The molecule has 6 heteroatoms. The van der Waals surface area contributed by atoms with Gasteiger partial charge in [0.1, 0.15) is 5.82 Å². The minimum absolute atomic E-state index is 0.195. The Labute approximate surface area is 91.1 Å². The van der Waals surface area contributed by atoms with Crippen molar-refractivity contribution in [3.8, 4) is 0 Å². The van der Waals surface area contributed by atoms with Crippen LogP contribution in [0.4, 0.5) is 10.1 Å². The molecule has 1 atom stereocenters. The summed E-state index contributed by atoms with van der Waals surface area (Å²) in [6.45, 7) is 1.48. The zero-order chi connectivity index (χ0) is 12.3. The lowest BCUT2D eigenvalue weighted by Gasteiger charge is -2.08. The first-order chi connectivity index (χ1) is 7.41. The van der Waals surface area contributed by atoms with E-state index in [0.29, 0.717) is 0 Å². The van der Waals surface area contributed by atoms with Crippen LogP contribution in [0.15, 0.2) is 18.2 Å². The van der Waals surface area contributed by atoms with Crippen LogP contribution in [-0.2, 0) is 4.79 Å². The Morgan fingerprint density at radius 3 is 2.62 bits per heavy atom. The van der Waals surface area contributed by atoms with Crippen molar-refractivity contribution in [2.24, 2.45) is 5.73 Å². The summed E-state index contributed by atoms with van der Waals surface area (Å²) >= 11 is 0. The largest absolute Gasteiger partial charge is 0.478 e. The maximum atomic E-state index is 13.0. The third-order valence-electron chi connectivity index (χ3n) is 1.88. The highest BCUT2D eigenvalue weighted by molar-refractivity contribution is 5.96. The summed E-state index contributed by atoms with van der Waals surface area (Å²) < 4.78 is 13.0. The van der Waals surface area contributed by atoms with Gasteiger partial charge in [-0.15, -0.1) is 0 Å². The molecule has 0 radical (unpaired) electrons. The van der Waals surface area contributed by atoms with E-state index < -0.39 is 29.3 Å². The number of hydrogen-bond donors (Lipinski definition) is 3. The molecule has 0 aliphatic rings. The molecule has 0 bridgehead atoms. The Balaban J connectivity index is 2.95. The number of amides is 1. The lowest BCUT2D eigenvalue weighted by Crippen LogP contribution is -2.32. The number of carboxylic acids is 1. The highest BCUT2D eigenvalue weighted by Crippen LogP contribution is 2.14. The molecule has 4 N–H and O–H groups in total. The highest BCUT2D eigenvalue weighted by atomic mass is 19.1. The van der Waals surface area contributed by atoms with Gasteiger partial charge in [-0.3, -0.25) is 4.79 Å². The summed E-state index contributed by atoms with van der Waals surface area (Å²) in [7, 11) is 0. The molecule has 0 saturated heterocycles. The van der Waals surface area contributed by atoms with E-state index in [9.17, 15) is 14.0 Å². The molecule has 0 aromatic heterocycles. The van der Waals surface area contributed by atoms with E-state index in [1.54, 1.807) is 0 Å². The van der Waals surface area contributed by atoms with Crippen LogP contribution < -0.4 is 11.1 Å². The number of nitrogens with two attached hydrogens (primary N) is 1. The van der Waals surface area contributed by atoms with Crippen LogP contribution in [0.2, 0.25) is 0 Å². The Morgan fingerprint density at radius 2 is 2.12 bits per heavy atom. The van der Waals surface area contributed by atoms with Crippen LogP contribution in [0.25, 0.3) is 0 Å². The molecule has 1 amide bonds. The van der Waals surface area contributed by atoms with Gasteiger partial charge in [-0.2, -0.15) is 0 Å². The fraction of sp³-hybridized carbons (Fsp3) is 0.200. The summed E-state index contributed by atoms with van der Waals surface area (Å²) in [5.41, 5.74) is 5.01. The maximum Gasteiger partial charge on any atom is 0.338 e. The van der Waals surface area contributed by atoms with E-state index in [1.165, 1.54) is 13.0 Å². The van der Waals surface area contributed by atoms with E-state index >= 15 is 0 Å². The summed E-state index contributed by atoms with van der Waals surface area (Å²) in [6.07, 6.45) is 0. The first-order valence-electron chi connectivity index (χ1n) is 4.51. The quantitative estimate of drug-likeness (QED) is 0.711. The standard InChI is InChI=1S/C10H11FN2O3/c1-5(12)9(14)13-6-2-3-8(11)7(4-6)10(15)16/h2-5H,12H2,1H3,(H,13,14)(H,15,16)/t5-/m1/s1. The van der Waals surface area contributed by atoms with Crippen molar-refractivity contribution in [1.82, 2.24) is 0 Å². The molecule has 0 aliphatic carbocycles. The van der Waals surface area contributed by atoms with Crippen LogP contribution in [0.3, 0.4) is 0 Å². The van der Waals surface area contributed by atoms with Gasteiger partial charge in [0.15, 0.2) is 0 Å². The Kier molecular flexibility index (Phi) is 3.57. The van der Waals surface area contributed by atoms with Crippen molar-refractivity contribution in [2.45, 2.75) is 13.0 Å². The molecular formula is C10H11FN2O3. The van der Waals surface area contributed by atoms with Crippen LogP contribution in [-0.4, -0.2) is 23.0 Å². The number of halogens is 1. The number of rotatable bonds is 3. The minimum atomic E-state index is -1.39. The molecule has 1 aromatic carbocycles. The van der Waals surface area contributed by atoms with Crippen molar-refractivity contribution < 1.29 is 19.1 Å². The van der Waals surface area contributed by atoms with Crippen molar-refractivity contribution >= 4 is 17.6 Å². The SMILES string of the molecule is C[C@@H](N)C(=O)Nc1ccc(F)c(C(=O)O)c1. The third-order valence-corrected chi connectivity index (χ3v) is 1.88. The van der Waals surface area contributed by atoms with E-state index in [0.717, 1.165) is 12.1 Å². The van der Waals surface area contributed by atoms with E-state index in [1.807, 2.05) is 0 Å². The molecule has 16 heavy (non-hydrogen) atoms. The molecule has 1 rings (SSSR count). The number of hydrogen-bond acceptors (Lipinski definition) is 3. The third kappa shape index (κ3) is 2.77. The topological polar surface area (TPSA) is 92.4 Å². The second-order valence-electron chi connectivity index (χ2n) is 3.28. The first kappa shape index (κ1) is 12.1. The van der Waals surface area contributed by atoms with Gasteiger partial charge in [0.2, 0.25) is 5.91 Å². The summed E-state index contributed by atoms with van der Waals surface area (Å²) in [5.74, 6) is -2.72. The Morgan fingerprint density at radius 1 is 1.50 bits per heavy atom. The number of carbonyl (C=O) groups is 2. The Hall–Kier alpha value is -1.95. The van der Waals surface area contributed by atoms with Gasteiger partial charge in [-0.1, -0.05) is 0 Å². The van der Waals surface area contributed by atoms with Gasteiger partial charge >= 0.3 is 5.97 Å². The van der Waals surface area contributed by atoms with Crippen LogP contribution in [0, 0.1) is 5.82 Å². The van der Waals surface area contributed by atoms with Crippen molar-refractivity contribution in [1.29, 1.82) is 0 Å². The van der Waals surface area contributed by atoms with Gasteiger partial charge in [0.25, 0.3) is 0 Å². The molecule has 0 saturated carbocycles. The Bertz CT molecular complexity index is 432. The van der Waals surface area contributed by atoms with E-state index in [2.05, 4.69) is 5.32 Å². The van der Waals surface area contributed by atoms with Crippen LogP contribution >= 0.6 is 0 Å². The minimum Gasteiger partial charge on any atom is -0.478 e. The number of carbonyl (C=O) groups excluding carboxylic acids is 1. The molecule has 86 valence electrons. The van der Waals surface area contributed by atoms with Gasteiger partial charge in [0.05, 0.1) is 11.6 Å². The second-order valence-corrected chi connectivity index (χ2v) is 3.28. The average molecular weight is 226 g/mol. The van der Waals surface area contributed by atoms with Gasteiger partial charge < -0.3 is 16.2 Å². The van der Waals surface area contributed by atoms with E-state index in [-0.39, 0.29) is 5.69 Å². The molecule has 0 spiro atoms. The summed E-state index contributed by atoms with van der Waals surface area (Å²) in [4.78, 5) is 21.8. The fourth-order valence-electron chi connectivity index (χ4n) is 1.02. The van der Waals surface area contributed by atoms with Gasteiger partial charge in [0, 0.05) is 5.69 Å². The zero-order valence-corrected chi connectivity index (χ0v) is 8.53. The molecule has 1 aromatic rings. The van der Waals surface area contributed by atoms with Crippen molar-refractivity contribution in [3.05, 3.63) is 29.6 Å². The number of nitrogens with one attached hydrogen (secondary N) is 1. The lowest BCUT2D eigenvalue weighted by atomic mass is 10.2. The van der Waals surface area contributed by atoms with Crippen LogP contribution in [0.1, 0.15) is 17.3 Å². The van der Waals surface area contributed by atoms with E-state index in [4.69, 9.17) is 10.8 Å². The molecule has 0 unspecified atom stereocenters. The molecule has 0 aliphatic heterocycles. The van der Waals surface area contributed by atoms with Gasteiger partial charge in [-0.05, 0) is 25.1 Å². The lowest BCUT2D eigenvalue weighted by molar-refractivity contribution is -0.117. The average Bonchev–Trinajstić information content (AvgIpc) is 2.20. The number of aromatic carboxylic acids is 1. The zero-order valence-electron chi connectivity index (χ0n) is 8.53. The van der Waals surface area contributed by atoms with Crippen molar-refractivity contribution in [2.75, 3.05) is 5.32 Å². The predicted octanol–water partition coefficient (Wildman–Crippen LogP) is 0.810. The number of anilines is 1. The van der Waals surface area contributed by atoms with Gasteiger partial charge in [-0.25, -0.2) is 9.18 Å². The second kappa shape index (κ2) is 4.71. The smallest absolute Gasteiger partial charge is 0.338 e. The molecule has 0 fully saturated rings. The number of carboxylic acid groups (broad SMARTS) is 1. The fourth-order valence-corrected chi connectivity index (χ4v) is 1.02. The summed E-state index contributed by atoms with van der Waals surface area (Å²) in [6, 6.07) is 2.55. The first-order valence-corrected chi connectivity index (χ1v) is 4.51. The number of benzene rings is 1. The molecular weight excluding hydrogens is 215 g/mol. The normalized spacial score (nSPS) is 11.9. The molecule has 0 heterocycles. The van der Waals surface area contributed by atoms with Crippen molar-refractivity contribution in [3.63, 3.8) is 0 Å². The highest BCUT2D eigenvalue weighted by Gasteiger charge is 2.13. The molecule has 5 nitrogen and oxygen atoms in total. The predicted molar refractivity (Wildman–Crippen MR) is 55.6 cm³/mol. The monoisotopic (exact) mass is 226 g/mol. The summed E-state index contributed by atoms with van der Waals surface area (Å²) in [5, 5.41) is 11.0. The maximum absolute atomic E-state index is 13.0.